The molecular formula is C22H22N2O5. The molecule has 0 saturated carbocycles. The molecule has 0 saturated heterocycles. The van der Waals surface area contributed by atoms with Gasteiger partial charge in [-0.25, -0.2) is 4.79 Å². The molecule has 0 spiro atoms. The number of Topliss-reactive ketones (excluding diaryl/α,β-unsaturated/α-hetero) is 1. The van der Waals surface area contributed by atoms with Gasteiger partial charge in [-0.2, -0.15) is 10.1 Å². The van der Waals surface area contributed by atoms with Gasteiger partial charge >= 0.3 is 5.97 Å². The smallest absolute Gasteiger partial charge is 0.354 e. The van der Waals surface area contributed by atoms with Crippen molar-refractivity contribution in [2.45, 2.75) is 26.7 Å². The predicted molar refractivity (Wildman–Crippen MR) is 108 cm³/mol. The van der Waals surface area contributed by atoms with Crippen molar-refractivity contribution in [3.05, 3.63) is 59.2 Å². The van der Waals surface area contributed by atoms with E-state index in [0.717, 1.165) is 11.1 Å². The van der Waals surface area contributed by atoms with Crippen molar-refractivity contribution < 1.29 is 23.9 Å². The summed E-state index contributed by atoms with van der Waals surface area (Å²) in [6, 6.07) is 12.4. The van der Waals surface area contributed by atoms with E-state index in [-0.39, 0.29) is 30.2 Å². The maximum absolute atomic E-state index is 12.4. The fraction of sp³-hybridized carbons (Fsp3) is 0.273. The van der Waals surface area contributed by atoms with Crippen LogP contribution in [0, 0.1) is 13.8 Å². The lowest BCUT2D eigenvalue weighted by atomic mass is 10.1. The van der Waals surface area contributed by atoms with Gasteiger partial charge in [0.15, 0.2) is 6.61 Å². The van der Waals surface area contributed by atoms with Crippen LogP contribution in [-0.2, 0) is 14.3 Å². The monoisotopic (exact) mass is 394 g/mol. The summed E-state index contributed by atoms with van der Waals surface area (Å²) in [6.07, 6.45) is 0.309. The molecule has 0 atom stereocenters. The van der Waals surface area contributed by atoms with Gasteiger partial charge in [-0.05, 0) is 43.2 Å². The van der Waals surface area contributed by atoms with Crippen LogP contribution in [0.3, 0.4) is 0 Å². The van der Waals surface area contributed by atoms with Crippen molar-refractivity contribution in [3.8, 4) is 5.75 Å². The summed E-state index contributed by atoms with van der Waals surface area (Å²) in [5.74, 6) is -0.874. The number of aryl methyl sites for hydroxylation is 2. The second kappa shape index (κ2) is 8.68. The molecule has 0 fully saturated rings. The van der Waals surface area contributed by atoms with Crippen LogP contribution in [0.2, 0.25) is 0 Å². The molecule has 0 radical (unpaired) electrons. The molecule has 7 heteroatoms. The summed E-state index contributed by atoms with van der Waals surface area (Å²) in [5, 5.41) is 5.45. The SMILES string of the molecule is COc1ccccc1C(=O)COC(=O)C1=NN(c2cc(C)ccc2C)C(=O)CC1. The van der Waals surface area contributed by atoms with E-state index in [1.807, 2.05) is 32.0 Å². The highest BCUT2D eigenvalue weighted by molar-refractivity contribution is 6.38. The summed E-state index contributed by atoms with van der Waals surface area (Å²) >= 11 is 0. The zero-order valence-corrected chi connectivity index (χ0v) is 16.6. The number of nitrogens with zero attached hydrogens (tertiary/aromatic N) is 2. The summed E-state index contributed by atoms with van der Waals surface area (Å²) in [4.78, 5) is 37.2. The average Bonchev–Trinajstić information content (AvgIpc) is 2.73. The van der Waals surface area contributed by atoms with Crippen LogP contribution in [0.15, 0.2) is 47.6 Å². The highest BCUT2D eigenvalue weighted by Crippen LogP contribution is 2.25. The Labute approximate surface area is 168 Å². The van der Waals surface area contributed by atoms with Gasteiger partial charge in [0.25, 0.3) is 0 Å². The molecule has 0 aliphatic carbocycles. The van der Waals surface area contributed by atoms with Gasteiger partial charge in [-0.1, -0.05) is 24.3 Å². The summed E-state index contributed by atoms with van der Waals surface area (Å²) in [5.41, 5.74) is 2.92. The Balaban J connectivity index is 1.74. The number of carbonyl (C=O) groups excluding carboxylic acids is 3. The van der Waals surface area contributed by atoms with E-state index in [0.29, 0.717) is 17.0 Å². The molecule has 1 aliphatic heterocycles. The molecule has 0 unspecified atom stereocenters. The van der Waals surface area contributed by atoms with E-state index < -0.39 is 12.6 Å². The second-order valence-electron chi connectivity index (χ2n) is 6.74. The van der Waals surface area contributed by atoms with Crippen LogP contribution >= 0.6 is 0 Å². The van der Waals surface area contributed by atoms with Crippen molar-refractivity contribution in [2.24, 2.45) is 5.10 Å². The zero-order chi connectivity index (χ0) is 21.0. The molecule has 3 rings (SSSR count). The first-order valence-electron chi connectivity index (χ1n) is 9.21. The van der Waals surface area contributed by atoms with E-state index in [1.54, 1.807) is 24.3 Å². The Bertz CT molecular complexity index is 996. The second-order valence-corrected chi connectivity index (χ2v) is 6.74. The van der Waals surface area contributed by atoms with Crippen molar-refractivity contribution >= 4 is 29.1 Å². The van der Waals surface area contributed by atoms with Crippen molar-refractivity contribution in [3.63, 3.8) is 0 Å². The molecular weight excluding hydrogens is 372 g/mol. The third-order valence-corrected chi connectivity index (χ3v) is 4.60. The van der Waals surface area contributed by atoms with Crippen molar-refractivity contribution in [1.82, 2.24) is 0 Å². The minimum atomic E-state index is -0.712. The van der Waals surface area contributed by atoms with Gasteiger partial charge in [0.2, 0.25) is 11.7 Å². The largest absolute Gasteiger partial charge is 0.496 e. The van der Waals surface area contributed by atoms with Gasteiger partial charge in [0.1, 0.15) is 11.5 Å². The predicted octanol–water partition coefficient (Wildman–Crippen LogP) is 3.22. The van der Waals surface area contributed by atoms with Crippen LogP contribution in [0.5, 0.6) is 5.75 Å². The number of carbonyl (C=O) groups is 3. The minimum Gasteiger partial charge on any atom is -0.496 e. The summed E-state index contributed by atoms with van der Waals surface area (Å²) in [7, 11) is 1.47. The van der Waals surface area contributed by atoms with Gasteiger partial charge < -0.3 is 9.47 Å². The summed E-state index contributed by atoms with van der Waals surface area (Å²) in [6.45, 7) is 3.35. The quantitative estimate of drug-likeness (QED) is 0.555. The Hall–Kier alpha value is -3.48. The topological polar surface area (TPSA) is 85.3 Å². The molecule has 2 aromatic carbocycles. The van der Waals surface area contributed by atoms with Crippen LogP contribution in [0.25, 0.3) is 0 Å². The fourth-order valence-corrected chi connectivity index (χ4v) is 3.00. The number of rotatable bonds is 6. The maximum atomic E-state index is 12.4. The minimum absolute atomic E-state index is 0.110. The van der Waals surface area contributed by atoms with Crippen LogP contribution < -0.4 is 9.75 Å². The van der Waals surface area contributed by atoms with E-state index >= 15 is 0 Å². The highest BCUT2D eigenvalue weighted by atomic mass is 16.5. The van der Waals surface area contributed by atoms with Gasteiger partial charge in [0.05, 0.1) is 18.4 Å². The molecule has 7 nitrogen and oxygen atoms in total. The molecule has 0 aromatic heterocycles. The lowest BCUT2D eigenvalue weighted by molar-refractivity contribution is -0.134. The van der Waals surface area contributed by atoms with E-state index in [2.05, 4.69) is 5.10 Å². The van der Waals surface area contributed by atoms with Gasteiger partial charge in [-0.3, -0.25) is 9.59 Å². The molecule has 2 aromatic rings. The third kappa shape index (κ3) is 4.51. The van der Waals surface area contributed by atoms with Crippen molar-refractivity contribution in [2.75, 3.05) is 18.7 Å². The number of ether oxygens (including phenoxy) is 2. The molecule has 0 N–H and O–H groups in total. The number of benzene rings is 2. The first-order valence-corrected chi connectivity index (χ1v) is 9.21. The first kappa shape index (κ1) is 20.3. The van der Waals surface area contributed by atoms with E-state index in [1.165, 1.54) is 12.1 Å². The lowest BCUT2D eigenvalue weighted by Crippen LogP contribution is -2.35. The molecule has 1 aliphatic rings. The number of amides is 1. The zero-order valence-electron chi connectivity index (χ0n) is 16.6. The van der Waals surface area contributed by atoms with E-state index in [4.69, 9.17) is 9.47 Å². The summed E-state index contributed by atoms with van der Waals surface area (Å²) < 4.78 is 10.3. The maximum Gasteiger partial charge on any atom is 0.354 e. The first-order chi connectivity index (χ1) is 13.9. The molecule has 29 heavy (non-hydrogen) atoms. The number of para-hydroxylation sites is 1. The number of ketones is 1. The lowest BCUT2D eigenvalue weighted by Gasteiger charge is -2.24. The number of esters is 1. The Morgan fingerprint density at radius 1 is 1.10 bits per heavy atom. The molecule has 150 valence electrons. The number of hydrogen-bond donors (Lipinski definition) is 0. The van der Waals surface area contributed by atoms with Crippen LogP contribution in [0.1, 0.15) is 34.3 Å². The fourth-order valence-electron chi connectivity index (χ4n) is 3.00. The number of anilines is 1. The third-order valence-electron chi connectivity index (χ3n) is 4.60. The molecule has 0 bridgehead atoms. The van der Waals surface area contributed by atoms with Crippen LogP contribution in [0.4, 0.5) is 5.69 Å². The van der Waals surface area contributed by atoms with Crippen molar-refractivity contribution in [1.29, 1.82) is 0 Å². The Morgan fingerprint density at radius 2 is 1.86 bits per heavy atom. The van der Waals surface area contributed by atoms with Gasteiger partial charge in [-0.15, -0.1) is 0 Å². The number of hydrazone groups is 1. The van der Waals surface area contributed by atoms with Crippen LogP contribution in [-0.4, -0.2) is 37.1 Å². The molecule has 1 heterocycles. The normalized spacial score (nSPS) is 13.7. The van der Waals surface area contributed by atoms with Gasteiger partial charge in [0, 0.05) is 12.8 Å². The number of hydrogen-bond acceptors (Lipinski definition) is 6. The average molecular weight is 394 g/mol. The van der Waals surface area contributed by atoms with E-state index in [9.17, 15) is 14.4 Å². The highest BCUT2D eigenvalue weighted by Gasteiger charge is 2.28. The Kier molecular flexibility index (Phi) is 6.07. The molecule has 1 amide bonds. The number of methoxy groups -OCH3 is 1. The standard InChI is InChI=1S/C22H22N2O5/c1-14-8-9-15(2)18(12-14)24-21(26)11-10-17(23-24)22(27)29-13-19(25)16-6-4-5-7-20(16)28-3/h4-9,12H,10-11,13H2,1-3H3. The Morgan fingerprint density at radius 3 is 2.62 bits per heavy atom.